The van der Waals surface area contributed by atoms with Crippen molar-refractivity contribution in [1.82, 2.24) is 5.32 Å². The standard InChI is InChI=1S/C30H51NO4/c1-25(24-28(32)33)16-13-11-9-7-5-6-8-10-12-14-17-26-19-21-27(22-20-26)18-15-23-31-29(34)35-30(2,3)4/h19-22,25H,5-18,23-24H2,1-4H3,(H,31,34)(H,32,33). The van der Waals surface area contributed by atoms with E-state index in [-0.39, 0.29) is 6.09 Å². The predicted octanol–water partition coefficient (Wildman–Crippen LogP) is 8.09. The molecule has 1 aromatic carbocycles. The van der Waals surface area contributed by atoms with Crippen molar-refractivity contribution in [2.75, 3.05) is 6.54 Å². The van der Waals surface area contributed by atoms with E-state index in [1.165, 1.54) is 75.3 Å². The fraction of sp³-hybridized carbons (Fsp3) is 0.733. The van der Waals surface area contributed by atoms with Crippen LogP contribution in [0.2, 0.25) is 0 Å². The number of carbonyl (C=O) groups excluding carboxylic acids is 1. The predicted molar refractivity (Wildman–Crippen MR) is 145 cm³/mol. The maximum atomic E-state index is 11.7. The van der Waals surface area contributed by atoms with Crippen LogP contribution in [0.5, 0.6) is 0 Å². The van der Waals surface area contributed by atoms with E-state index in [2.05, 4.69) is 29.6 Å². The Morgan fingerprint density at radius 3 is 1.74 bits per heavy atom. The maximum Gasteiger partial charge on any atom is 0.407 e. The molecule has 1 unspecified atom stereocenters. The van der Waals surface area contributed by atoms with Gasteiger partial charge in [-0.2, -0.15) is 0 Å². The number of ether oxygens (including phenoxy) is 1. The van der Waals surface area contributed by atoms with Gasteiger partial charge in [-0.25, -0.2) is 4.79 Å². The molecule has 0 bridgehead atoms. The van der Waals surface area contributed by atoms with Crippen molar-refractivity contribution in [3.63, 3.8) is 0 Å². The van der Waals surface area contributed by atoms with Crippen molar-refractivity contribution in [2.45, 2.75) is 130 Å². The third kappa shape index (κ3) is 18.9. The molecular weight excluding hydrogens is 438 g/mol. The summed E-state index contributed by atoms with van der Waals surface area (Å²) in [6.07, 6.45) is 16.9. The highest BCUT2D eigenvalue weighted by molar-refractivity contribution is 5.67. The largest absolute Gasteiger partial charge is 0.481 e. The molecule has 0 saturated carbocycles. The first-order chi connectivity index (χ1) is 16.7. The SMILES string of the molecule is CC(CCCCCCCCCCCCc1ccc(CCCNC(=O)OC(C)(C)C)cc1)CC(=O)O. The first-order valence-electron chi connectivity index (χ1n) is 13.9. The Balaban J connectivity index is 1.95. The number of aryl methyl sites for hydroxylation is 2. The fourth-order valence-corrected chi connectivity index (χ4v) is 4.31. The van der Waals surface area contributed by atoms with Crippen LogP contribution in [0.1, 0.15) is 122 Å². The van der Waals surface area contributed by atoms with Gasteiger partial charge < -0.3 is 15.2 Å². The molecule has 0 radical (unpaired) electrons. The number of carbonyl (C=O) groups is 2. The second-order valence-electron chi connectivity index (χ2n) is 11.1. The first-order valence-corrected chi connectivity index (χ1v) is 13.9. The molecule has 0 aliphatic heterocycles. The highest BCUT2D eigenvalue weighted by atomic mass is 16.6. The average Bonchev–Trinajstić information content (AvgIpc) is 2.76. The Bertz CT molecular complexity index is 693. The zero-order chi connectivity index (χ0) is 25.9. The van der Waals surface area contributed by atoms with E-state index in [9.17, 15) is 9.59 Å². The average molecular weight is 490 g/mol. The van der Waals surface area contributed by atoms with Crippen LogP contribution in [0.3, 0.4) is 0 Å². The van der Waals surface area contributed by atoms with Crippen LogP contribution in [0.4, 0.5) is 4.79 Å². The summed E-state index contributed by atoms with van der Waals surface area (Å²) in [7, 11) is 0. The summed E-state index contributed by atoms with van der Waals surface area (Å²) < 4.78 is 5.25. The smallest absolute Gasteiger partial charge is 0.407 e. The topological polar surface area (TPSA) is 75.6 Å². The zero-order valence-corrected chi connectivity index (χ0v) is 22.9. The lowest BCUT2D eigenvalue weighted by atomic mass is 9.98. The highest BCUT2D eigenvalue weighted by Gasteiger charge is 2.15. The van der Waals surface area contributed by atoms with Crippen molar-refractivity contribution >= 4 is 12.1 Å². The van der Waals surface area contributed by atoms with Crippen LogP contribution in [-0.4, -0.2) is 29.3 Å². The number of benzene rings is 1. The summed E-state index contributed by atoms with van der Waals surface area (Å²) in [5, 5.41) is 11.6. The fourth-order valence-electron chi connectivity index (χ4n) is 4.31. The quantitative estimate of drug-likeness (QED) is 0.193. The van der Waals surface area contributed by atoms with Gasteiger partial charge in [0.15, 0.2) is 0 Å². The van der Waals surface area contributed by atoms with Crippen molar-refractivity contribution in [3.05, 3.63) is 35.4 Å². The molecule has 35 heavy (non-hydrogen) atoms. The van der Waals surface area contributed by atoms with E-state index in [1.54, 1.807) is 0 Å². The Hall–Kier alpha value is -2.04. The third-order valence-corrected chi connectivity index (χ3v) is 6.27. The van der Waals surface area contributed by atoms with Gasteiger partial charge in [-0.15, -0.1) is 0 Å². The normalized spacial score (nSPS) is 12.3. The van der Waals surface area contributed by atoms with Crippen LogP contribution >= 0.6 is 0 Å². The number of amides is 1. The van der Waals surface area contributed by atoms with Gasteiger partial charge in [0.05, 0.1) is 0 Å². The van der Waals surface area contributed by atoms with E-state index < -0.39 is 11.6 Å². The monoisotopic (exact) mass is 489 g/mol. The molecular formula is C30H51NO4. The lowest BCUT2D eigenvalue weighted by Gasteiger charge is -2.19. The molecule has 1 rings (SSSR count). The number of carboxylic acids is 1. The summed E-state index contributed by atoms with van der Waals surface area (Å²) in [4.78, 5) is 22.3. The Morgan fingerprint density at radius 1 is 0.800 bits per heavy atom. The maximum absolute atomic E-state index is 11.7. The van der Waals surface area contributed by atoms with Gasteiger partial charge in [0, 0.05) is 13.0 Å². The number of aliphatic carboxylic acids is 1. The van der Waals surface area contributed by atoms with Gasteiger partial charge in [-0.3, -0.25) is 4.79 Å². The summed E-state index contributed by atoms with van der Waals surface area (Å²) in [6.45, 7) is 8.28. The lowest BCUT2D eigenvalue weighted by molar-refractivity contribution is -0.138. The van der Waals surface area contributed by atoms with Gasteiger partial charge in [0.25, 0.3) is 0 Å². The molecule has 5 nitrogen and oxygen atoms in total. The number of nitrogens with one attached hydrogen (secondary N) is 1. The van der Waals surface area contributed by atoms with Crippen LogP contribution in [0.25, 0.3) is 0 Å². The number of carboxylic acid groups (broad SMARTS) is 1. The van der Waals surface area contributed by atoms with E-state index in [0.717, 1.165) is 25.7 Å². The molecule has 200 valence electrons. The molecule has 0 aliphatic carbocycles. The number of alkyl carbamates (subject to hydrolysis) is 1. The van der Waals surface area contributed by atoms with Gasteiger partial charge in [0.1, 0.15) is 5.60 Å². The molecule has 1 atom stereocenters. The summed E-state index contributed by atoms with van der Waals surface area (Å²) >= 11 is 0. The molecule has 0 heterocycles. The minimum atomic E-state index is -0.673. The molecule has 1 aromatic rings. The summed E-state index contributed by atoms with van der Waals surface area (Å²) in [6, 6.07) is 8.93. The highest BCUT2D eigenvalue weighted by Crippen LogP contribution is 2.16. The van der Waals surface area contributed by atoms with Gasteiger partial charge >= 0.3 is 12.1 Å². The van der Waals surface area contributed by atoms with Crippen LogP contribution in [0.15, 0.2) is 24.3 Å². The molecule has 0 fully saturated rings. The summed E-state index contributed by atoms with van der Waals surface area (Å²) in [5.74, 6) is -0.362. The molecule has 0 spiro atoms. The molecule has 1 amide bonds. The second-order valence-corrected chi connectivity index (χ2v) is 11.1. The van der Waals surface area contributed by atoms with Gasteiger partial charge in [0.2, 0.25) is 0 Å². The molecule has 5 heteroatoms. The van der Waals surface area contributed by atoms with Crippen LogP contribution < -0.4 is 5.32 Å². The minimum Gasteiger partial charge on any atom is -0.481 e. The number of rotatable bonds is 19. The first kappa shape index (κ1) is 31.0. The minimum absolute atomic E-state index is 0.307. The molecule has 0 aromatic heterocycles. The van der Waals surface area contributed by atoms with Crippen LogP contribution in [0, 0.1) is 5.92 Å². The Morgan fingerprint density at radius 2 is 1.26 bits per heavy atom. The van der Waals surface area contributed by atoms with E-state index in [0.29, 0.717) is 18.9 Å². The van der Waals surface area contributed by atoms with Crippen molar-refractivity contribution in [1.29, 1.82) is 0 Å². The van der Waals surface area contributed by atoms with Crippen molar-refractivity contribution in [2.24, 2.45) is 5.92 Å². The van der Waals surface area contributed by atoms with E-state index >= 15 is 0 Å². The molecule has 0 aliphatic rings. The second kappa shape index (κ2) is 18.3. The van der Waals surface area contributed by atoms with Crippen molar-refractivity contribution in [3.8, 4) is 0 Å². The Labute approximate surface area is 214 Å². The number of unbranched alkanes of at least 4 members (excludes halogenated alkanes) is 9. The van der Waals surface area contributed by atoms with Gasteiger partial charge in [-0.1, -0.05) is 95.4 Å². The van der Waals surface area contributed by atoms with Crippen LogP contribution in [-0.2, 0) is 22.4 Å². The number of hydrogen-bond donors (Lipinski definition) is 2. The zero-order valence-electron chi connectivity index (χ0n) is 22.9. The summed E-state index contributed by atoms with van der Waals surface area (Å²) in [5.41, 5.74) is 2.28. The number of hydrogen-bond acceptors (Lipinski definition) is 3. The van der Waals surface area contributed by atoms with E-state index in [1.807, 2.05) is 27.7 Å². The molecule has 2 N–H and O–H groups in total. The van der Waals surface area contributed by atoms with E-state index in [4.69, 9.17) is 9.84 Å². The van der Waals surface area contributed by atoms with Gasteiger partial charge in [-0.05, 0) is 63.5 Å². The Kier molecular flexibility index (Phi) is 16.2. The van der Waals surface area contributed by atoms with Crippen molar-refractivity contribution < 1.29 is 19.4 Å². The lowest BCUT2D eigenvalue weighted by Crippen LogP contribution is -2.33. The third-order valence-electron chi connectivity index (χ3n) is 6.27. The molecule has 0 saturated heterocycles.